The lowest BCUT2D eigenvalue weighted by Crippen LogP contribution is -2.43. The van der Waals surface area contributed by atoms with E-state index in [9.17, 15) is 36.3 Å². The van der Waals surface area contributed by atoms with Gasteiger partial charge in [0.25, 0.3) is 11.8 Å². The first-order valence-corrected chi connectivity index (χ1v) is 11.1. The molecule has 0 aliphatic carbocycles. The van der Waals surface area contributed by atoms with Crippen LogP contribution in [-0.4, -0.2) is 29.3 Å². The number of nitrogens with zero attached hydrogens (tertiary/aromatic N) is 1. The van der Waals surface area contributed by atoms with Gasteiger partial charge in [-0.15, -0.1) is 0 Å². The Morgan fingerprint density at radius 2 is 1.73 bits per heavy atom. The van der Waals surface area contributed by atoms with Crippen LogP contribution in [0.25, 0.3) is 0 Å². The maximum absolute atomic E-state index is 14.1. The van der Waals surface area contributed by atoms with Crippen molar-refractivity contribution in [3.05, 3.63) is 87.2 Å². The number of aromatic nitrogens is 1. The van der Waals surface area contributed by atoms with E-state index in [0.717, 1.165) is 12.1 Å². The van der Waals surface area contributed by atoms with Crippen molar-refractivity contribution in [2.45, 2.75) is 25.2 Å². The van der Waals surface area contributed by atoms with E-state index >= 15 is 0 Å². The zero-order chi connectivity index (χ0) is 27.2. The predicted octanol–water partition coefficient (Wildman–Crippen LogP) is 4.83. The molecular formula is C24H18ClF5N4O3. The molecule has 2 heterocycles. The fraction of sp³-hybridized carbons (Fsp3) is 0.208. The normalized spacial score (nSPS) is 17.1. The van der Waals surface area contributed by atoms with E-state index in [4.69, 9.17) is 11.6 Å². The number of hydrogen-bond acceptors (Lipinski definition) is 3. The molecule has 194 valence electrons. The van der Waals surface area contributed by atoms with Gasteiger partial charge in [-0.25, -0.2) is 8.78 Å². The van der Waals surface area contributed by atoms with E-state index in [0.29, 0.717) is 12.1 Å². The maximum atomic E-state index is 14.1. The van der Waals surface area contributed by atoms with Crippen LogP contribution in [0.2, 0.25) is 5.02 Å². The molecule has 1 aromatic heterocycles. The minimum Gasteiger partial charge on any atom is -0.354 e. The monoisotopic (exact) mass is 540 g/mol. The van der Waals surface area contributed by atoms with Crippen LogP contribution < -0.4 is 16.0 Å². The van der Waals surface area contributed by atoms with Crippen molar-refractivity contribution >= 4 is 35.0 Å². The summed E-state index contributed by atoms with van der Waals surface area (Å²) in [6.07, 6.45) is -4.90. The standard InChI is InChI=1S/C24H18ClF5N4O3/c1-10-21(35)33-19(15-8-13(26)3-4-16(15)25)20-17(9-18(34(10)20)23(37)31-2)32-22(36)11-5-12(24(28,29)30)7-14(27)6-11/h3-10,19H,1-2H3,(H,31,37)(H,32,36)(H,33,35). The summed E-state index contributed by atoms with van der Waals surface area (Å²) in [5, 5.41) is 7.53. The van der Waals surface area contributed by atoms with Crippen molar-refractivity contribution < 1.29 is 36.3 Å². The number of carbonyl (C=O) groups is 3. The zero-order valence-corrected chi connectivity index (χ0v) is 19.9. The average molecular weight is 541 g/mol. The molecule has 2 unspecified atom stereocenters. The topological polar surface area (TPSA) is 92.2 Å². The molecule has 13 heteroatoms. The number of anilines is 1. The highest BCUT2D eigenvalue weighted by molar-refractivity contribution is 6.31. The summed E-state index contributed by atoms with van der Waals surface area (Å²) in [5.41, 5.74) is -1.94. The molecule has 7 nitrogen and oxygen atoms in total. The zero-order valence-electron chi connectivity index (χ0n) is 19.1. The Labute approximate surface area is 211 Å². The van der Waals surface area contributed by atoms with Gasteiger partial charge in [0, 0.05) is 23.2 Å². The Morgan fingerprint density at radius 3 is 2.38 bits per heavy atom. The lowest BCUT2D eigenvalue weighted by atomic mass is 9.99. The fourth-order valence-electron chi connectivity index (χ4n) is 4.14. The van der Waals surface area contributed by atoms with E-state index in [2.05, 4.69) is 16.0 Å². The van der Waals surface area contributed by atoms with Gasteiger partial charge in [-0.2, -0.15) is 13.2 Å². The Hall–Kier alpha value is -3.93. The molecule has 0 radical (unpaired) electrons. The number of alkyl halides is 3. The molecular weight excluding hydrogens is 523 g/mol. The number of halogens is 6. The highest BCUT2D eigenvalue weighted by Crippen LogP contribution is 2.40. The van der Waals surface area contributed by atoms with E-state index in [1.807, 2.05) is 0 Å². The fourth-order valence-corrected chi connectivity index (χ4v) is 4.37. The molecule has 1 aliphatic heterocycles. The SMILES string of the molecule is CNC(=O)c1cc(NC(=O)c2cc(F)cc(C(F)(F)F)c2)c2n1C(C)C(=O)NC2c1cc(F)ccc1Cl. The third-order valence-electron chi connectivity index (χ3n) is 5.87. The van der Waals surface area contributed by atoms with Crippen LogP contribution in [-0.2, 0) is 11.0 Å². The van der Waals surface area contributed by atoms with Gasteiger partial charge < -0.3 is 20.5 Å². The minimum atomic E-state index is -4.90. The van der Waals surface area contributed by atoms with Gasteiger partial charge in [0.2, 0.25) is 5.91 Å². The molecule has 3 amide bonds. The Bertz CT molecular complexity index is 1440. The van der Waals surface area contributed by atoms with Gasteiger partial charge in [0.05, 0.1) is 23.0 Å². The molecule has 3 aromatic rings. The molecule has 0 bridgehead atoms. The lowest BCUT2D eigenvalue weighted by molar-refractivity contribution is -0.137. The van der Waals surface area contributed by atoms with Crippen molar-refractivity contribution in [2.24, 2.45) is 0 Å². The number of rotatable bonds is 4. The minimum absolute atomic E-state index is 0.0627. The Morgan fingerprint density at radius 1 is 1.03 bits per heavy atom. The van der Waals surface area contributed by atoms with Crippen LogP contribution >= 0.6 is 11.6 Å². The van der Waals surface area contributed by atoms with Crippen molar-refractivity contribution in [2.75, 3.05) is 12.4 Å². The summed E-state index contributed by atoms with van der Waals surface area (Å²) in [5.74, 6) is -4.26. The van der Waals surface area contributed by atoms with Crippen LogP contribution in [0, 0.1) is 11.6 Å². The smallest absolute Gasteiger partial charge is 0.354 e. The first-order chi connectivity index (χ1) is 17.3. The van der Waals surface area contributed by atoms with E-state index in [1.165, 1.54) is 30.7 Å². The number of benzene rings is 2. The summed E-state index contributed by atoms with van der Waals surface area (Å²) in [7, 11) is 1.33. The van der Waals surface area contributed by atoms with Crippen LogP contribution in [0.15, 0.2) is 42.5 Å². The molecule has 0 spiro atoms. The number of amides is 3. The summed E-state index contributed by atoms with van der Waals surface area (Å²) in [6, 6.07) is 3.86. The van der Waals surface area contributed by atoms with E-state index in [1.54, 1.807) is 0 Å². The lowest BCUT2D eigenvalue weighted by Gasteiger charge is -2.33. The second-order valence-corrected chi connectivity index (χ2v) is 8.65. The molecule has 2 atom stereocenters. The van der Waals surface area contributed by atoms with Gasteiger partial charge in [-0.3, -0.25) is 14.4 Å². The van der Waals surface area contributed by atoms with Gasteiger partial charge in [0.15, 0.2) is 0 Å². The van der Waals surface area contributed by atoms with E-state index in [-0.39, 0.29) is 33.7 Å². The molecule has 3 N–H and O–H groups in total. The highest BCUT2D eigenvalue weighted by atomic mass is 35.5. The van der Waals surface area contributed by atoms with Crippen LogP contribution in [0.5, 0.6) is 0 Å². The van der Waals surface area contributed by atoms with Crippen molar-refractivity contribution in [3.8, 4) is 0 Å². The molecule has 1 aliphatic rings. The van der Waals surface area contributed by atoms with Crippen LogP contribution in [0.3, 0.4) is 0 Å². The van der Waals surface area contributed by atoms with Crippen molar-refractivity contribution in [3.63, 3.8) is 0 Å². The van der Waals surface area contributed by atoms with Gasteiger partial charge >= 0.3 is 6.18 Å². The molecule has 0 saturated heterocycles. The molecule has 37 heavy (non-hydrogen) atoms. The van der Waals surface area contributed by atoms with Crippen molar-refractivity contribution in [1.29, 1.82) is 0 Å². The molecule has 0 fully saturated rings. The van der Waals surface area contributed by atoms with Crippen LogP contribution in [0.1, 0.15) is 56.7 Å². The molecule has 0 saturated carbocycles. The Balaban J connectivity index is 1.88. The quantitative estimate of drug-likeness (QED) is 0.414. The second-order valence-electron chi connectivity index (χ2n) is 8.24. The number of nitrogens with one attached hydrogen (secondary N) is 3. The third kappa shape index (κ3) is 4.88. The number of carbonyl (C=O) groups excluding carboxylic acids is 3. The van der Waals surface area contributed by atoms with Gasteiger partial charge in [-0.05, 0) is 49.4 Å². The molecule has 2 aromatic carbocycles. The number of hydrogen-bond donors (Lipinski definition) is 3. The van der Waals surface area contributed by atoms with Gasteiger partial charge in [0.1, 0.15) is 23.4 Å². The summed E-state index contributed by atoms with van der Waals surface area (Å²) >= 11 is 6.27. The first kappa shape index (κ1) is 26.1. The summed E-state index contributed by atoms with van der Waals surface area (Å²) in [4.78, 5) is 38.4. The van der Waals surface area contributed by atoms with Gasteiger partial charge in [-0.1, -0.05) is 11.6 Å². The third-order valence-corrected chi connectivity index (χ3v) is 6.21. The maximum Gasteiger partial charge on any atom is 0.416 e. The van der Waals surface area contributed by atoms with Crippen LogP contribution in [0.4, 0.5) is 27.6 Å². The predicted molar refractivity (Wildman–Crippen MR) is 123 cm³/mol. The van der Waals surface area contributed by atoms with E-state index < -0.39 is 58.7 Å². The second kappa shape index (κ2) is 9.51. The summed E-state index contributed by atoms with van der Waals surface area (Å²) < 4.78 is 68.8. The summed E-state index contributed by atoms with van der Waals surface area (Å²) in [6.45, 7) is 1.47. The number of fused-ring (bicyclic) bond motifs is 1. The highest BCUT2D eigenvalue weighted by Gasteiger charge is 2.38. The average Bonchev–Trinajstić information content (AvgIpc) is 3.20. The largest absolute Gasteiger partial charge is 0.416 e. The Kier molecular flexibility index (Phi) is 6.72. The molecule has 4 rings (SSSR count). The van der Waals surface area contributed by atoms with Crippen molar-refractivity contribution in [1.82, 2.24) is 15.2 Å². The first-order valence-electron chi connectivity index (χ1n) is 10.7.